The van der Waals surface area contributed by atoms with E-state index >= 15 is 0 Å². The molecule has 0 saturated carbocycles. The summed E-state index contributed by atoms with van der Waals surface area (Å²) < 4.78 is 0. The molecule has 0 bridgehead atoms. The summed E-state index contributed by atoms with van der Waals surface area (Å²) in [4.78, 5) is 29.1. The summed E-state index contributed by atoms with van der Waals surface area (Å²) in [5, 5.41) is 0. The van der Waals surface area contributed by atoms with Crippen LogP contribution in [0.3, 0.4) is 0 Å². The number of fused-ring (bicyclic) bond motifs is 1. The number of H-pyrrole nitrogens is 1. The van der Waals surface area contributed by atoms with Crippen molar-refractivity contribution >= 4 is 5.91 Å². The van der Waals surface area contributed by atoms with Crippen LogP contribution >= 0.6 is 0 Å². The lowest BCUT2D eigenvalue weighted by Crippen LogP contribution is -2.36. The third kappa shape index (κ3) is 1.77. The Morgan fingerprint density at radius 2 is 2.29 bits per heavy atom. The van der Waals surface area contributed by atoms with E-state index in [-0.39, 0.29) is 5.91 Å². The van der Waals surface area contributed by atoms with E-state index < -0.39 is 0 Å². The largest absolute Gasteiger partial charge is 0.347 e. The molecule has 2 aromatic rings. The van der Waals surface area contributed by atoms with Gasteiger partial charge < -0.3 is 9.88 Å². The minimum atomic E-state index is -0.0849. The zero-order valence-electron chi connectivity index (χ0n) is 9.13. The van der Waals surface area contributed by atoms with Crippen LogP contribution < -0.4 is 0 Å². The molecule has 0 radical (unpaired) electrons. The molecule has 0 fully saturated rings. The van der Waals surface area contributed by atoms with Gasteiger partial charge in [0.2, 0.25) is 0 Å². The molecule has 6 heteroatoms. The van der Waals surface area contributed by atoms with Crippen molar-refractivity contribution in [3.63, 3.8) is 0 Å². The second kappa shape index (κ2) is 3.97. The molecular formula is C11H11N5O. The molecule has 86 valence electrons. The van der Waals surface area contributed by atoms with Crippen molar-refractivity contribution in [3.05, 3.63) is 42.0 Å². The van der Waals surface area contributed by atoms with Gasteiger partial charge in [0.25, 0.3) is 5.91 Å². The van der Waals surface area contributed by atoms with Gasteiger partial charge in [0.05, 0.1) is 30.5 Å². The molecule has 3 heterocycles. The summed E-state index contributed by atoms with van der Waals surface area (Å²) in [6, 6.07) is 0. The van der Waals surface area contributed by atoms with Crippen LogP contribution in [0.5, 0.6) is 0 Å². The molecule has 0 unspecified atom stereocenters. The van der Waals surface area contributed by atoms with Crippen LogP contribution in [0, 0.1) is 0 Å². The zero-order valence-corrected chi connectivity index (χ0v) is 9.13. The zero-order chi connectivity index (χ0) is 11.7. The van der Waals surface area contributed by atoms with Crippen LogP contribution in [0.2, 0.25) is 0 Å². The first kappa shape index (κ1) is 9.95. The van der Waals surface area contributed by atoms with Gasteiger partial charge in [0.15, 0.2) is 0 Å². The predicted octanol–water partition coefficient (Wildman–Crippen LogP) is 0.398. The highest BCUT2D eigenvalue weighted by molar-refractivity contribution is 5.92. The summed E-state index contributed by atoms with van der Waals surface area (Å²) in [5.74, 6) is -0.0849. The van der Waals surface area contributed by atoms with Crippen LogP contribution in [0.4, 0.5) is 0 Å². The van der Waals surface area contributed by atoms with Crippen LogP contribution in [0.15, 0.2) is 24.9 Å². The number of aromatic nitrogens is 4. The fourth-order valence-electron chi connectivity index (χ4n) is 1.96. The highest BCUT2D eigenvalue weighted by Gasteiger charge is 2.23. The number of imidazole rings is 1. The average Bonchev–Trinajstić information content (AvgIpc) is 2.86. The van der Waals surface area contributed by atoms with Crippen molar-refractivity contribution in [1.82, 2.24) is 24.8 Å². The molecule has 0 aromatic carbocycles. The Bertz CT molecular complexity index is 536. The number of rotatable bonds is 1. The monoisotopic (exact) mass is 229 g/mol. The van der Waals surface area contributed by atoms with Crippen molar-refractivity contribution < 1.29 is 4.79 Å². The first-order chi connectivity index (χ1) is 8.34. The SMILES string of the molecule is O=C(c1cnccn1)N1CCc2nc[nH]c2C1. The summed E-state index contributed by atoms with van der Waals surface area (Å²) >= 11 is 0. The summed E-state index contributed by atoms with van der Waals surface area (Å²) in [6.07, 6.45) is 7.02. The van der Waals surface area contributed by atoms with E-state index in [1.54, 1.807) is 17.4 Å². The Balaban J connectivity index is 1.81. The van der Waals surface area contributed by atoms with E-state index in [0.717, 1.165) is 17.8 Å². The predicted molar refractivity (Wildman–Crippen MR) is 59.1 cm³/mol. The van der Waals surface area contributed by atoms with Gasteiger partial charge in [-0.1, -0.05) is 0 Å². The normalized spacial score (nSPS) is 14.5. The Kier molecular flexibility index (Phi) is 2.32. The minimum absolute atomic E-state index is 0.0849. The number of carbonyl (C=O) groups is 1. The molecular weight excluding hydrogens is 218 g/mol. The Hall–Kier alpha value is -2.24. The van der Waals surface area contributed by atoms with Crippen molar-refractivity contribution in [1.29, 1.82) is 0 Å². The lowest BCUT2D eigenvalue weighted by Gasteiger charge is -2.25. The Morgan fingerprint density at radius 3 is 3.12 bits per heavy atom. The lowest BCUT2D eigenvalue weighted by molar-refractivity contribution is 0.0725. The van der Waals surface area contributed by atoms with Gasteiger partial charge in [0, 0.05) is 25.4 Å². The topological polar surface area (TPSA) is 74.8 Å². The maximum absolute atomic E-state index is 12.1. The van der Waals surface area contributed by atoms with Crippen LogP contribution in [-0.4, -0.2) is 37.3 Å². The van der Waals surface area contributed by atoms with Gasteiger partial charge in [-0.15, -0.1) is 0 Å². The number of amides is 1. The quantitative estimate of drug-likeness (QED) is 0.768. The molecule has 0 atom stereocenters. The van der Waals surface area contributed by atoms with Gasteiger partial charge in [-0.25, -0.2) is 9.97 Å². The maximum atomic E-state index is 12.1. The van der Waals surface area contributed by atoms with Crippen molar-refractivity contribution in [2.75, 3.05) is 6.54 Å². The van der Waals surface area contributed by atoms with Gasteiger partial charge in [-0.05, 0) is 0 Å². The molecule has 0 saturated heterocycles. The molecule has 0 spiro atoms. The fourth-order valence-corrected chi connectivity index (χ4v) is 1.96. The summed E-state index contributed by atoms with van der Waals surface area (Å²) in [5.41, 5.74) is 2.44. The highest BCUT2D eigenvalue weighted by Crippen LogP contribution is 2.16. The molecule has 3 rings (SSSR count). The molecule has 1 aliphatic heterocycles. The lowest BCUT2D eigenvalue weighted by atomic mass is 10.1. The first-order valence-corrected chi connectivity index (χ1v) is 5.41. The molecule has 6 nitrogen and oxygen atoms in total. The van der Waals surface area contributed by atoms with Crippen molar-refractivity contribution in [3.8, 4) is 0 Å². The standard InChI is InChI=1S/C11H11N5O/c17-11(9-5-12-2-3-13-9)16-4-1-8-10(6-16)15-7-14-8/h2-3,5,7H,1,4,6H2,(H,14,15). The molecule has 1 N–H and O–H groups in total. The van der Waals surface area contributed by atoms with Crippen molar-refractivity contribution in [2.45, 2.75) is 13.0 Å². The average molecular weight is 229 g/mol. The maximum Gasteiger partial charge on any atom is 0.274 e. The summed E-state index contributed by atoms with van der Waals surface area (Å²) in [7, 11) is 0. The van der Waals surface area contributed by atoms with Crippen molar-refractivity contribution in [2.24, 2.45) is 0 Å². The Labute approximate surface area is 97.7 Å². The van der Waals surface area contributed by atoms with Gasteiger partial charge in [-0.3, -0.25) is 9.78 Å². The molecule has 1 aliphatic rings. The van der Waals surface area contributed by atoms with E-state index in [1.165, 1.54) is 12.4 Å². The van der Waals surface area contributed by atoms with E-state index in [4.69, 9.17) is 0 Å². The number of nitrogens with zero attached hydrogens (tertiary/aromatic N) is 4. The van der Waals surface area contributed by atoms with E-state index in [0.29, 0.717) is 18.8 Å². The molecule has 1 amide bonds. The summed E-state index contributed by atoms with van der Waals surface area (Å²) in [6.45, 7) is 1.23. The number of hydrogen-bond acceptors (Lipinski definition) is 4. The Morgan fingerprint density at radius 1 is 1.35 bits per heavy atom. The fraction of sp³-hybridized carbons (Fsp3) is 0.273. The number of hydrogen-bond donors (Lipinski definition) is 1. The number of carbonyl (C=O) groups excluding carboxylic acids is 1. The van der Waals surface area contributed by atoms with Gasteiger partial charge >= 0.3 is 0 Å². The second-order valence-corrected chi connectivity index (χ2v) is 3.90. The highest BCUT2D eigenvalue weighted by atomic mass is 16.2. The van der Waals surface area contributed by atoms with E-state index in [2.05, 4.69) is 19.9 Å². The minimum Gasteiger partial charge on any atom is -0.347 e. The van der Waals surface area contributed by atoms with Crippen LogP contribution in [0.1, 0.15) is 21.9 Å². The number of aromatic amines is 1. The first-order valence-electron chi connectivity index (χ1n) is 5.41. The van der Waals surface area contributed by atoms with Gasteiger partial charge in [0.1, 0.15) is 5.69 Å². The molecule has 2 aromatic heterocycles. The smallest absolute Gasteiger partial charge is 0.274 e. The van der Waals surface area contributed by atoms with Crippen LogP contribution in [-0.2, 0) is 13.0 Å². The third-order valence-electron chi connectivity index (χ3n) is 2.84. The number of nitrogens with one attached hydrogen (secondary N) is 1. The second-order valence-electron chi connectivity index (χ2n) is 3.90. The van der Waals surface area contributed by atoms with Gasteiger partial charge in [-0.2, -0.15) is 0 Å². The van der Waals surface area contributed by atoms with Crippen LogP contribution in [0.25, 0.3) is 0 Å². The van der Waals surface area contributed by atoms with E-state index in [1.807, 2.05) is 0 Å². The molecule has 0 aliphatic carbocycles. The molecule has 17 heavy (non-hydrogen) atoms. The third-order valence-corrected chi connectivity index (χ3v) is 2.84. The van der Waals surface area contributed by atoms with E-state index in [9.17, 15) is 4.79 Å².